The molecule has 3 rings (SSSR count). The molecule has 20 heavy (non-hydrogen) atoms. The zero-order valence-corrected chi connectivity index (χ0v) is 11.7. The van der Waals surface area contributed by atoms with Crippen LogP contribution in [0.5, 0.6) is 0 Å². The molecule has 3 aromatic rings. The fourth-order valence-electron chi connectivity index (χ4n) is 2.15. The van der Waals surface area contributed by atoms with E-state index in [2.05, 4.69) is 46.2 Å². The molecule has 0 spiro atoms. The van der Waals surface area contributed by atoms with Gasteiger partial charge in [-0.3, -0.25) is 4.57 Å². The van der Waals surface area contributed by atoms with E-state index >= 15 is 0 Å². The molecule has 6 nitrogen and oxygen atoms in total. The average molecular weight is 268 g/mol. The summed E-state index contributed by atoms with van der Waals surface area (Å²) in [6, 6.07) is 6.02. The van der Waals surface area contributed by atoms with Crippen LogP contribution < -0.4 is 11.1 Å². The molecule has 0 saturated carbocycles. The second-order valence-corrected chi connectivity index (χ2v) is 4.76. The normalized spacial score (nSPS) is 10.9. The van der Waals surface area contributed by atoms with Crippen molar-refractivity contribution in [2.24, 2.45) is 0 Å². The highest BCUT2D eigenvalue weighted by atomic mass is 15.2. The number of nitrogens with one attached hydrogen (secondary N) is 1. The molecule has 0 fully saturated rings. The number of fused-ring (bicyclic) bond motifs is 1. The third-order valence-electron chi connectivity index (χ3n) is 3.40. The van der Waals surface area contributed by atoms with Crippen molar-refractivity contribution in [3.8, 4) is 5.82 Å². The van der Waals surface area contributed by atoms with Crippen LogP contribution in [-0.4, -0.2) is 26.6 Å². The molecule has 0 aliphatic carbocycles. The largest absolute Gasteiger partial charge is 0.373 e. The number of hydrogen-bond acceptors (Lipinski definition) is 5. The quantitative estimate of drug-likeness (QED) is 0.743. The van der Waals surface area contributed by atoms with Crippen LogP contribution in [0.1, 0.15) is 11.1 Å². The minimum absolute atomic E-state index is 0.234. The predicted molar refractivity (Wildman–Crippen MR) is 80.1 cm³/mol. The van der Waals surface area contributed by atoms with Gasteiger partial charge in [-0.2, -0.15) is 9.97 Å². The first-order chi connectivity index (χ1) is 9.58. The van der Waals surface area contributed by atoms with Gasteiger partial charge in [-0.05, 0) is 37.1 Å². The van der Waals surface area contributed by atoms with Gasteiger partial charge in [0.15, 0.2) is 0 Å². The van der Waals surface area contributed by atoms with Gasteiger partial charge in [0.1, 0.15) is 18.0 Å². The summed E-state index contributed by atoms with van der Waals surface area (Å²) >= 11 is 0. The minimum Gasteiger partial charge on any atom is -0.373 e. The van der Waals surface area contributed by atoms with Crippen LogP contribution in [-0.2, 0) is 0 Å². The van der Waals surface area contributed by atoms with Gasteiger partial charge in [-0.25, -0.2) is 4.98 Å². The summed E-state index contributed by atoms with van der Waals surface area (Å²) in [4.78, 5) is 12.8. The van der Waals surface area contributed by atoms with Crippen molar-refractivity contribution in [3.63, 3.8) is 0 Å². The maximum Gasteiger partial charge on any atom is 0.223 e. The average Bonchev–Trinajstić information content (AvgIpc) is 2.81. The number of aryl methyl sites for hydroxylation is 2. The Bertz CT molecular complexity index is 790. The number of imidazole rings is 1. The number of benzene rings is 1. The highest BCUT2D eigenvalue weighted by molar-refractivity contribution is 5.79. The van der Waals surface area contributed by atoms with E-state index in [1.165, 1.54) is 11.1 Å². The Morgan fingerprint density at radius 1 is 1.10 bits per heavy atom. The second-order valence-electron chi connectivity index (χ2n) is 4.76. The molecule has 0 amide bonds. The van der Waals surface area contributed by atoms with E-state index in [1.807, 2.05) is 10.6 Å². The van der Waals surface area contributed by atoms with Crippen molar-refractivity contribution in [1.29, 1.82) is 0 Å². The van der Waals surface area contributed by atoms with Crippen molar-refractivity contribution in [2.45, 2.75) is 13.8 Å². The van der Waals surface area contributed by atoms with E-state index in [4.69, 9.17) is 5.73 Å². The third-order valence-corrected chi connectivity index (χ3v) is 3.40. The van der Waals surface area contributed by atoms with Crippen molar-refractivity contribution < 1.29 is 0 Å². The van der Waals surface area contributed by atoms with Crippen LogP contribution >= 0.6 is 0 Å². The van der Waals surface area contributed by atoms with Crippen LogP contribution in [0.3, 0.4) is 0 Å². The summed E-state index contributed by atoms with van der Waals surface area (Å²) in [5.74, 6) is 1.61. The molecular weight excluding hydrogens is 252 g/mol. The highest BCUT2D eigenvalue weighted by Crippen LogP contribution is 2.22. The molecule has 1 aromatic carbocycles. The van der Waals surface area contributed by atoms with Crippen LogP contribution in [0.25, 0.3) is 16.9 Å². The maximum atomic E-state index is 5.74. The van der Waals surface area contributed by atoms with E-state index < -0.39 is 0 Å². The molecule has 0 unspecified atom stereocenters. The molecule has 0 bridgehead atoms. The van der Waals surface area contributed by atoms with E-state index in [0.29, 0.717) is 11.6 Å². The minimum atomic E-state index is 0.234. The van der Waals surface area contributed by atoms with E-state index in [0.717, 1.165) is 11.0 Å². The molecule has 0 saturated heterocycles. The summed E-state index contributed by atoms with van der Waals surface area (Å²) in [5.41, 5.74) is 10.1. The molecule has 2 aromatic heterocycles. The first-order valence-electron chi connectivity index (χ1n) is 6.35. The summed E-state index contributed by atoms with van der Waals surface area (Å²) < 4.78 is 1.92. The number of hydrogen-bond donors (Lipinski definition) is 2. The monoisotopic (exact) mass is 268 g/mol. The molecule has 0 aliphatic rings. The highest BCUT2D eigenvalue weighted by Gasteiger charge is 2.09. The summed E-state index contributed by atoms with van der Waals surface area (Å²) in [6.45, 7) is 4.16. The number of aromatic nitrogens is 4. The Hall–Kier alpha value is -2.63. The lowest BCUT2D eigenvalue weighted by Crippen LogP contribution is -2.05. The Morgan fingerprint density at radius 2 is 1.85 bits per heavy atom. The Kier molecular flexibility index (Phi) is 2.78. The lowest BCUT2D eigenvalue weighted by Gasteiger charge is -2.08. The van der Waals surface area contributed by atoms with Gasteiger partial charge >= 0.3 is 0 Å². The van der Waals surface area contributed by atoms with Gasteiger partial charge in [-0.1, -0.05) is 0 Å². The molecule has 2 heterocycles. The molecule has 6 heteroatoms. The van der Waals surface area contributed by atoms with E-state index in [-0.39, 0.29) is 5.95 Å². The van der Waals surface area contributed by atoms with E-state index in [9.17, 15) is 0 Å². The SMILES string of the molecule is CNc1cc(-n2cnc3cc(C)c(C)cc32)nc(N)n1. The lowest BCUT2D eigenvalue weighted by molar-refractivity contribution is 1.00. The Morgan fingerprint density at radius 3 is 2.60 bits per heavy atom. The zero-order chi connectivity index (χ0) is 14.3. The summed E-state index contributed by atoms with van der Waals surface area (Å²) in [7, 11) is 1.80. The van der Waals surface area contributed by atoms with Crippen molar-refractivity contribution in [2.75, 3.05) is 18.1 Å². The molecule has 3 N–H and O–H groups in total. The molecule has 0 atom stereocenters. The number of nitrogens with zero attached hydrogens (tertiary/aromatic N) is 4. The van der Waals surface area contributed by atoms with Gasteiger partial charge in [-0.15, -0.1) is 0 Å². The van der Waals surface area contributed by atoms with Crippen LogP contribution in [0.2, 0.25) is 0 Å². The summed E-state index contributed by atoms with van der Waals surface area (Å²) in [6.07, 6.45) is 1.75. The van der Waals surface area contributed by atoms with Gasteiger partial charge in [0.05, 0.1) is 11.0 Å². The number of rotatable bonds is 2. The first kappa shape index (κ1) is 12.4. The topological polar surface area (TPSA) is 81.7 Å². The maximum absolute atomic E-state index is 5.74. The number of nitrogens with two attached hydrogens (primary N) is 1. The van der Waals surface area contributed by atoms with Crippen molar-refractivity contribution in [3.05, 3.63) is 35.7 Å². The standard InChI is InChI=1S/C14H16N6/c1-8-4-10-11(5-9(8)2)20(7-17-10)13-6-12(16-3)18-14(15)19-13/h4-7H,1-3H3,(H3,15,16,18,19). The smallest absolute Gasteiger partial charge is 0.223 e. The van der Waals surface area contributed by atoms with Crippen LogP contribution in [0.15, 0.2) is 24.5 Å². The van der Waals surface area contributed by atoms with Gasteiger partial charge in [0, 0.05) is 13.1 Å². The molecular formula is C14H16N6. The zero-order valence-electron chi connectivity index (χ0n) is 11.7. The first-order valence-corrected chi connectivity index (χ1v) is 6.35. The Balaban J connectivity index is 2.24. The molecule has 0 aliphatic heterocycles. The molecule has 102 valence electrons. The fraction of sp³-hybridized carbons (Fsp3) is 0.214. The van der Waals surface area contributed by atoms with Crippen molar-refractivity contribution in [1.82, 2.24) is 19.5 Å². The van der Waals surface area contributed by atoms with Crippen molar-refractivity contribution >= 4 is 22.8 Å². The third kappa shape index (κ3) is 1.95. The number of anilines is 2. The fourth-order valence-corrected chi connectivity index (χ4v) is 2.15. The van der Waals surface area contributed by atoms with Gasteiger partial charge in [0.2, 0.25) is 5.95 Å². The van der Waals surface area contributed by atoms with E-state index in [1.54, 1.807) is 13.4 Å². The predicted octanol–water partition coefficient (Wildman–Crippen LogP) is 2.06. The van der Waals surface area contributed by atoms with Gasteiger partial charge in [0.25, 0.3) is 0 Å². The van der Waals surface area contributed by atoms with Crippen LogP contribution in [0, 0.1) is 13.8 Å². The second kappa shape index (κ2) is 4.48. The molecule has 0 radical (unpaired) electrons. The van der Waals surface area contributed by atoms with Crippen LogP contribution in [0.4, 0.5) is 11.8 Å². The number of nitrogen functional groups attached to an aromatic ring is 1. The summed E-state index contributed by atoms with van der Waals surface area (Å²) in [5, 5.41) is 2.97. The Labute approximate surface area is 116 Å². The van der Waals surface area contributed by atoms with Gasteiger partial charge < -0.3 is 11.1 Å². The lowest BCUT2D eigenvalue weighted by atomic mass is 10.1.